The van der Waals surface area contributed by atoms with E-state index >= 15 is 0 Å². The Morgan fingerprint density at radius 2 is 1.70 bits per heavy atom. The van der Waals surface area contributed by atoms with Gasteiger partial charge >= 0.3 is 6.09 Å². The van der Waals surface area contributed by atoms with Crippen LogP contribution in [0.25, 0.3) is 5.57 Å². The average Bonchev–Trinajstić information content (AvgIpc) is 2.79. The lowest BCUT2D eigenvalue weighted by molar-refractivity contribution is -0.104. The van der Waals surface area contributed by atoms with Gasteiger partial charge in [-0.1, -0.05) is 48.8 Å². The fourth-order valence-corrected chi connectivity index (χ4v) is 4.69. The lowest BCUT2D eigenvalue weighted by Crippen LogP contribution is -2.33. The highest BCUT2D eigenvalue weighted by Crippen LogP contribution is 2.30. The number of ketones is 1. The third-order valence-electron chi connectivity index (χ3n) is 5.13. The van der Waals surface area contributed by atoms with E-state index in [9.17, 15) is 22.8 Å². The van der Waals surface area contributed by atoms with Gasteiger partial charge in [0.1, 0.15) is 11.9 Å². The van der Waals surface area contributed by atoms with Gasteiger partial charge in [0.25, 0.3) is 0 Å². The molecule has 2 aromatic rings. The van der Waals surface area contributed by atoms with Gasteiger partial charge in [-0.2, -0.15) is 0 Å². The highest BCUT2D eigenvalue weighted by molar-refractivity contribution is 7.90. The smallest absolute Gasteiger partial charge is 0.407 e. The Morgan fingerprint density at radius 3 is 2.27 bits per heavy atom. The maximum atomic E-state index is 13.5. The lowest BCUT2D eigenvalue weighted by atomic mass is 9.89. The minimum Gasteiger partial charge on any atom is -0.444 e. The fraction of sp³-hybridized carbons (Fsp3) is 0.296. The first-order valence-corrected chi connectivity index (χ1v) is 13.9. The number of hydrogen-bond acceptors (Lipinski definition) is 6. The molecular formula is C27H29Cl2NO6S. The molecule has 0 atom stereocenters. The second-order valence-corrected chi connectivity index (χ2v) is 12.4. The molecule has 2 rings (SSSR count). The molecule has 0 aliphatic carbocycles. The standard InChI is InChI=1S/C27H29Cl2NO6S/c1-6-37(34,35)16-18-7-9-21(25(32)22-10-8-20(28)14-24(22)29)23(13-18)17(2)19(11-12-31)15-30-26(33)36-27(3,4)5/h7-14H,2,6,15-16H2,1,3-5H3,(H,30,33)/b19-11-. The summed E-state index contributed by atoms with van der Waals surface area (Å²) in [5.41, 5.74) is 0.899. The van der Waals surface area contributed by atoms with Crippen LogP contribution in [-0.4, -0.2) is 44.5 Å². The summed E-state index contributed by atoms with van der Waals surface area (Å²) in [4.78, 5) is 37.1. The topological polar surface area (TPSA) is 107 Å². The fourth-order valence-electron chi connectivity index (χ4n) is 3.31. The van der Waals surface area contributed by atoms with E-state index in [1.54, 1.807) is 39.8 Å². The summed E-state index contributed by atoms with van der Waals surface area (Å²) in [7, 11) is -3.38. The Kier molecular flexibility index (Phi) is 10.3. The third kappa shape index (κ3) is 8.84. The van der Waals surface area contributed by atoms with E-state index in [0.29, 0.717) is 28.0 Å². The van der Waals surface area contributed by atoms with Crippen LogP contribution in [0.5, 0.6) is 0 Å². The van der Waals surface area contributed by atoms with Crippen LogP contribution in [0.4, 0.5) is 4.79 Å². The largest absolute Gasteiger partial charge is 0.444 e. The van der Waals surface area contributed by atoms with Crippen molar-refractivity contribution < 1.29 is 27.5 Å². The number of halogens is 2. The molecule has 0 heterocycles. The summed E-state index contributed by atoms with van der Waals surface area (Å²) in [5.74, 6) is -0.753. The van der Waals surface area contributed by atoms with Crippen molar-refractivity contribution in [3.63, 3.8) is 0 Å². The van der Waals surface area contributed by atoms with Crippen LogP contribution < -0.4 is 5.32 Å². The number of benzene rings is 2. The number of amides is 1. The lowest BCUT2D eigenvalue weighted by Gasteiger charge is -2.21. The van der Waals surface area contributed by atoms with Gasteiger partial charge in [-0.05, 0) is 73.4 Å². The molecule has 0 aromatic heterocycles. The SMILES string of the molecule is C=C(/C(=C\C=O)CNC(=O)OC(C)(C)C)c1cc(CS(=O)(=O)CC)ccc1C(=O)c1ccc(Cl)cc1Cl. The Hall–Kier alpha value is -2.94. The predicted molar refractivity (Wildman–Crippen MR) is 147 cm³/mol. The molecular weight excluding hydrogens is 537 g/mol. The molecule has 0 saturated carbocycles. The quantitative estimate of drug-likeness (QED) is 0.168. The number of allylic oxidation sites excluding steroid dienone is 1. The monoisotopic (exact) mass is 565 g/mol. The number of hydrogen-bond donors (Lipinski definition) is 1. The normalized spacial score (nSPS) is 12.1. The zero-order valence-corrected chi connectivity index (χ0v) is 23.4. The molecule has 0 aliphatic heterocycles. The van der Waals surface area contributed by atoms with Gasteiger partial charge in [-0.3, -0.25) is 9.59 Å². The zero-order valence-electron chi connectivity index (χ0n) is 21.1. The van der Waals surface area contributed by atoms with Crippen molar-refractivity contribution in [1.82, 2.24) is 5.32 Å². The summed E-state index contributed by atoms with van der Waals surface area (Å²) in [5, 5.41) is 3.06. The van der Waals surface area contributed by atoms with E-state index in [1.807, 2.05) is 0 Å². The number of nitrogens with one attached hydrogen (secondary N) is 1. The molecule has 0 radical (unpaired) electrons. The molecule has 0 aliphatic rings. The van der Waals surface area contributed by atoms with Gasteiger partial charge in [0, 0.05) is 28.4 Å². The predicted octanol–water partition coefficient (Wildman–Crippen LogP) is 5.82. The third-order valence-corrected chi connectivity index (χ3v) is 7.34. The van der Waals surface area contributed by atoms with Crippen molar-refractivity contribution in [2.24, 2.45) is 0 Å². The minimum atomic E-state index is -3.38. The van der Waals surface area contributed by atoms with Gasteiger partial charge in [0.05, 0.1) is 10.8 Å². The second-order valence-electron chi connectivity index (χ2n) is 9.17. The summed E-state index contributed by atoms with van der Waals surface area (Å²) >= 11 is 12.2. The van der Waals surface area contributed by atoms with Crippen molar-refractivity contribution in [1.29, 1.82) is 0 Å². The maximum Gasteiger partial charge on any atom is 0.407 e. The molecule has 7 nitrogen and oxygen atoms in total. The van der Waals surface area contributed by atoms with Gasteiger partial charge in [-0.15, -0.1) is 0 Å². The van der Waals surface area contributed by atoms with Crippen LogP contribution >= 0.6 is 23.2 Å². The van der Waals surface area contributed by atoms with Gasteiger partial charge in [0.2, 0.25) is 0 Å². The summed E-state index contributed by atoms with van der Waals surface area (Å²) in [6.07, 6.45) is 1.03. The number of carbonyl (C=O) groups excluding carboxylic acids is 3. The zero-order chi connectivity index (χ0) is 28.0. The second kappa shape index (κ2) is 12.5. The summed E-state index contributed by atoms with van der Waals surface area (Å²) in [6.45, 7) is 10.6. The number of rotatable bonds is 10. The maximum absolute atomic E-state index is 13.5. The van der Waals surface area contributed by atoms with E-state index in [4.69, 9.17) is 27.9 Å². The molecule has 198 valence electrons. The molecule has 0 saturated heterocycles. The first-order valence-electron chi connectivity index (χ1n) is 11.3. The first-order chi connectivity index (χ1) is 17.2. The summed E-state index contributed by atoms with van der Waals surface area (Å²) < 4.78 is 29.8. The van der Waals surface area contributed by atoms with Crippen LogP contribution in [0, 0.1) is 0 Å². The Bertz CT molecular complexity index is 1360. The highest BCUT2D eigenvalue weighted by atomic mass is 35.5. The number of ether oxygens (including phenoxy) is 1. The van der Waals surface area contributed by atoms with E-state index < -0.39 is 27.3 Å². The molecule has 1 amide bonds. The van der Waals surface area contributed by atoms with Crippen molar-refractivity contribution in [2.75, 3.05) is 12.3 Å². The van der Waals surface area contributed by atoms with Crippen molar-refractivity contribution in [3.05, 3.63) is 86.9 Å². The number of alkyl carbamates (subject to hydrolysis) is 1. The summed E-state index contributed by atoms with van der Waals surface area (Å²) in [6, 6.07) is 9.03. The van der Waals surface area contributed by atoms with Gasteiger partial charge in [0.15, 0.2) is 15.6 Å². The van der Waals surface area contributed by atoms with Crippen LogP contribution in [0.15, 0.2) is 54.6 Å². The Labute approximate surface area is 227 Å². The molecule has 10 heteroatoms. The van der Waals surface area contributed by atoms with Crippen molar-refractivity contribution >= 4 is 56.8 Å². The molecule has 37 heavy (non-hydrogen) atoms. The molecule has 0 spiro atoms. The Balaban J connectivity index is 2.56. The molecule has 0 bridgehead atoms. The van der Waals surface area contributed by atoms with Gasteiger partial charge < -0.3 is 10.1 Å². The van der Waals surface area contributed by atoms with Crippen molar-refractivity contribution in [2.45, 2.75) is 39.0 Å². The highest BCUT2D eigenvalue weighted by Gasteiger charge is 2.22. The Morgan fingerprint density at radius 1 is 1.05 bits per heavy atom. The van der Waals surface area contributed by atoms with Crippen LogP contribution in [0.3, 0.4) is 0 Å². The van der Waals surface area contributed by atoms with Crippen LogP contribution in [0.1, 0.15) is 54.7 Å². The first kappa shape index (κ1) is 30.3. The van der Waals surface area contributed by atoms with Gasteiger partial charge in [-0.25, -0.2) is 13.2 Å². The van der Waals surface area contributed by atoms with Crippen LogP contribution in [-0.2, 0) is 25.1 Å². The van der Waals surface area contributed by atoms with Crippen molar-refractivity contribution in [3.8, 4) is 0 Å². The van der Waals surface area contributed by atoms with E-state index in [0.717, 1.165) is 0 Å². The number of aldehydes is 1. The number of sulfone groups is 1. The molecule has 0 unspecified atom stereocenters. The van der Waals surface area contributed by atoms with E-state index in [1.165, 1.54) is 30.3 Å². The minimum absolute atomic E-state index is 0.0551. The number of carbonyl (C=O) groups is 3. The molecule has 0 fully saturated rings. The average molecular weight is 567 g/mol. The van der Waals surface area contributed by atoms with E-state index in [2.05, 4.69) is 11.9 Å². The van der Waals surface area contributed by atoms with Crippen LogP contribution in [0.2, 0.25) is 10.0 Å². The molecule has 2 aromatic carbocycles. The van der Waals surface area contributed by atoms with E-state index in [-0.39, 0.29) is 39.8 Å². The molecule has 1 N–H and O–H groups in total.